The Balaban J connectivity index is 0.000000391. The molecule has 0 bridgehead atoms. The second kappa shape index (κ2) is 30.4. The van der Waals surface area contributed by atoms with E-state index in [1.165, 1.54) is 0 Å². The Hall–Kier alpha value is -3.64. The van der Waals surface area contributed by atoms with Gasteiger partial charge in [0, 0.05) is 19.1 Å². The molecule has 6 N–H and O–H groups in total. The smallest absolute Gasteiger partial charge is 0.110 e. The van der Waals surface area contributed by atoms with E-state index in [0.717, 1.165) is 22.3 Å². The van der Waals surface area contributed by atoms with Crippen molar-refractivity contribution in [3.8, 4) is 0 Å². The van der Waals surface area contributed by atoms with E-state index < -0.39 is 10.7 Å². The van der Waals surface area contributed by atoms with Gasteiger partial charge in [0.05, 0.1) is 65.1 Å². The predicted molar refractivity (Wildman–Crippen MR) is 230 cm³/mol. The summed E-state index contributed by atoms with van der Waals surface area (Å²) < 4.78 is 23.6. The number of hydrogen-bond acceptors (Lipinski definition) is 12. The van der Waals surface area contributed by atoms with E-state index in [9.17, 15) is 5.21 Å². The Bertz CT molecular complexity index is 1470. The van der Waals surface area contributed by atoms with E-state index in [1.54, 1.807) is 6.92 Å². The van der Waals surface area contributed by atoms with Crippen LogP contribution in [0, 0.1) is 5.21 Å². The largest absolute Gasteiger partial charge is 0.632 e. The zero-order valence-corrected chi connectivity index (χ0v) is 35.1. The Kier molecular flexibility index (Phi) is 26.5. The molecule has 0 radical (unpaired) electrons. The van der Waals surface area contributed by atoms with Gasteiger partial charge in [-0.1, -0.05) is 121 Å². The third-order valence-electron chi connectivity index (χ3n) is 9.81. The average Bonchev–Trinajstić information content (AvgIpc) is 3.27. The van der Waals surface area contributed by atoms with Gasteiger partial charge >= 0.3 is 0 Å². The third-order valence-corrected chi connectivity index (χ3v) is 9.81. The Morgan fingerprint density at radius 3 is 1.10 bits per heavy atom. The second-order valence-corrected chi connectivity index (χ2v) is 14.4. The monoisotopic (exact) mass is 824 g/mol. The summed E-state index contributed by atoms with van der Waals surface area (Å²) in [6.45, 7) is 10.2. The number of hydroxylamine groups is 3. The fourth-order valence-electron chi connectivity index (χ4n) is 6.39. The van der Waals surface area contributed by atoms with Crippen LogP contribution in [0.1, 0.15) is 62.2 Å². The molecule has 13 nitrogen and oxygen atoms in total. The zero-order valence-electron chi connectivity index (χ0n) is 35.1. The first-order chi connectivity index (χ1) is 28.6. The number of quaternary nitrogens is 1. The fourth-order valence-corrected chi connectivity index (χ4v) is 6.39. The maximum atomic E-state index is 12.8. The van der Waals surface area contributed by atoms with Crippen molar-refractivity contribution in [3.63, 3.8) is 0 Å². The van der Waals surface area contributed by atoms with Gasteiger partial charge in [0.2, 0.25) is 0 Å². The van der Waals surface area contributed by atoms with Crippen molar-refractivity contribution in [3.05, 3.63) is 149 Å². The van der Waals surface area contributed by atoms with Crippen molar-refractivity contribution in [2.45, 2.75) is 64.2 Å². The van der Waals surface area contributed by atoms with Crippen LogP contribution in [0.2, 0.25) is 0 Å². The lowest BCUT2D eigenvalue weighted by Gasteiger charge is -2.47. The van der Waals surface area contributed by atoms with Gasteiger partial charge in [0.1, 0.15) is 31.3 Å². The highest BCUT2D eigenvalue weighted by Gasteiger charge is 2.26. The van der Waals surface area contributed by atoms with Crippen molar-refractivity contribution in [2.24, 2.45) is 0 Å². The normalized spacial score (nSPS) is 13.6. The number of benzene rings is 4. The first kappa shape index (κ1) is 51.5. The van der Waals surface area contributed by atoms with Crippen molar-refractivity contribution >= 4 is 0 Å². The minimum Gasteiger partial charge on any atom is -0.632 e. The highest BCUT2D eigenvalue weighted by atomic mass is 17.0. The molecule has 4 aromatic carbocycles. The molecule has 0 aliphatic carbocycles. The van der Waals surface area contributed by atoms with Gasteiger partial charge in [-0.25, -0.2) is 0 Å². The summed E-state index contributed by atoms with van der Waals surface area (Å²) in [7, 11) is 0. The Morgan fingerprint density at radius 1 is 0.475 bits per heavy atom. The molecular weight excluding hydrogens is 757 g/mol. The minimum absolute atomic E-state index is 0.0417. The van der Waals surface area contributed by atoms with Gasteiger partial charge in [-0.05, 0) is 49.9 Å². The molecule has 0 amide bonds. The lowest BCUT2D eigenvalue weighted by Crippen LogP contribution is -2.54. The molecule has 0 aromatic heterocycles. The van der Waals surface area contributed by atoms with E-state index in [0.29, 0.717) is 32.9 Å². The highest BCUT2D eigenvalue weighted by molar-refractivity contribution is 5.31. The zero-order chi connectivity index (χ0) is 43.3. The van der Waals surface area contributed by atoms with E-state index >= 15 is 0 Å². The first-order valence-electron chi connectivity index (χ1n) is 20.3. The van der Waals surface area contributed by atoms with Gasteiger partial charge < -0.3 is 49.2 Å². The summed E-state index contributed by atoms with van der Waals surface area (Å²) in [6, 6.07) is 40.2. The number of aliphatic hydroxyl groups excluding tert-OH is 4. The Labute approximate surface area is 350 Å². The quantitative estimate of drug-likeness (QED) is 0.0256. The van der Waals surface area contributed by atoms with Crippen molar-refractivity contribution in [1.29, 1.82) is 0 Å². The van der Waals surface area contributed by atoms with E-state index in [-0.39, 0.29) is 76.6 Å². The molecule has 4 aromatic rings. The SMILES string of the molecule is CC(COC(c1ccccc1)c1ccccc1)OCC(C)N(CCO)CCO.CC(COC(c1ccccc1)c1ccccc1)OCC(C)[N+]([O-])(CCO)CCO.OO. The average molecular weight is 825 g/mol. The number of nitrogens with zero attached hydrogens (tertiary/aromatic N) is 2. The second-order valence-electron chi connectivity index (χ2n) is 14.4. The molecule has 4 unspecified atom stereocenters. The van der Waals surface area contributed by atoms with E-state index in [2.05, 4.69) is 24.3 Å². The molecule has 0 aliphatic heterocycles. The summed E-state index contributed by atoms with van der Waals surface area (Å²) >= 11 is 0. The fraction of sp³-hybridized carbons (Fsp3) is 0.478. The standard InChI is InChI=1S/C23H33NO5.C23H33NO4.H2O2/c1-19(24(27,13-15-25)14-16-26)17-28-20(2)18-29-23(21-9-5-3-6-10-21)22-11-7-4-8-12-22;1-19(24(13-15-25)14-16-26)17-27-20(2)18-28-23(21-9-5-3-6-10-21)22-11-7-4-8-12-22;1-2/h3-12,19-20,23,25-26H,13-18H2,1-2H3;3-12,19-20,23,25-26H,13-18H2,1-2H3;1-2H. The summed E-state index contributed by atoms with van der Waals surface area (Å²) in [5.41, 5.74) is 4.37. The van der Waals surface area contributed by atoms with Gasteiger partial charge in [0.25, 0.3) is 0 Å². The first-order valence-corrected chi connectivity index (χ1v) is 20.3. The molecule has 59 heavy (non-hydrogen) atoms. The molecular formula is C46H68N2O11. The molecule has 0 heterocycles. The van der Waals surface area contributed by atoms with Crippen molar-refractivity contribution in [1.82, 2.24) is 4.90 Å². The van der Waals surface area contributed by atoms with Gasteiger partial charge in [-0.2, -0.15) is 0 Å². The lowest BCUT2D eigenvalue weighted by atomic mass is 10.0. The molecule has 4 atom stereocenters. The van der Waals surface area contributed by atoms with Crippen molar-refractivity contribution < 1.29 is 54.5 Å². The van der Waals surface area contributed by atoms with Crippen LogP contribution in [0.25, 0.3) is 0 Å². The third kappa shape index (κ3) is 19.1. The van der Waals surface area contributed by atoms with Crippen LogP contribution in [0.4, 0.5) is 0 Å². The highest BCUT2D eigenvalue weighted by Crippen LogP contribution is 2.27. The van der Waals surface area contributed by atoms with Crippen LogP contribution in [0.5, 0.6) is 0 Å². The van der Waals surface area contributed by atoms with Crippen LogP contribution in [-0.4, -0.2) is 144 Å². The van der Waals surface area contributed by atoms with E-state index in [4.69, 9.17) is 49.9 Å². The molecule has 13 heteroatoms. The molecule has 328 valence electrons. The summed E-state index contributed by atoms with van der Waals surface area (Å²) in [6.07, 6.45) is -0.600. The molecule has 0 aliphatic rings. The minimum atomic E-state index is -0.669. The van der Waals surface area contributed by atoms with Crippen LogP contribution in [0.15, 0.2) is 121 Å². The molecule has 0 saturated heterocycles. The molecule has 4 rings (SSSR count). The van der Waals surface area contributed by atoms with Crippen molar-refractivity contribution in [2.75, 3.05) is 79.0 Å². The number of hydrogen-bond donors (Lipinski definition) is 6. The van der Waals surface area contributed by atoms with Crippen LogP contribution >= 0.6 is 0 Å². The maximum Gasteiger partial charge on any atom is 0.110 e. The van der Waals surface area contributed by atoms with Gasteiger partial charge in [0.15, 0.2) is 0 Å². The lowest BCUT2D eigenvalue weighted by molar-refractivity contribution is -0.904. The van der Waals surface area contributed by atoms with Crippen LogP contribution in [0.3, 0.4) is 0 Å². The predicted octanol–water partition coefficient (Wildman–Crippen LogP) is 5.78. The van der Waals surface area contributed by atoms with E-state index in [1.807, 2.05) is 123 Å². The number of ether oxygens (including phenoxy) is 4. The summed E-state index contributed by atoms with van der Waals surface area (Å²) in [5, 5.41) is 61.4. The molecule has 0 spiro atoms. The van der Waals surface area contributed by atoms with Gasteiger partial charge in [-0.15, -0.1) is 0 Å². The van der Waals surface area contributed by atoms with Crippen LogP contribution in [-0.2, 0) is 18.9 Å². The molecule has 0 saturated carbocycles. The summed E-state index contributed by atoms with van der Waals surface area (Å²) in [5.74, 6) is 0. The number of aliphatic hydroxyl groups is 4. The Morgan fingerprint density at radius 2 is 0.797 bits per heavy atom. The number of rotatable bonds is 26. The maximum absolute atomic E-state index is 12.8. The molecule has 0 fully saturated rings. The van der Waals surface area contributed by atoms with Gasteiger partial charge in [-0.3, -0.25) is 15.4 Å². The summed E-state index contributed by atoms with van der Waals surface area (Å²) in [4.78, 5) is 2.02. The van der Waals surface area contributed by atoms with Crippen LogP contribution < -0.4 is 0 Å². The topological polar surface area (TPSA) is 185 Å².